The van der Waals surface area contributed by atoms with Crippen LogP contribution in [-0.2, 0) is 14.3 Å². The zero-order valence-electron chi connectivity index (χ0n) is 20.6. The summed E-state index contributed by atoms with van der Waals surface area (Å²) in [7, 11) is 0. The molecule has 1 N–H and O–H groups in total. The van der Waals surface area contributed by atoms with E-state index in [2.05, 4.69) is 60.5 Å². The van der Waals surface area contributed by atoms with Gasteiger partial charge in [0.15, 0.2) is 5.78 Å². The molecule has 2 aliphatic rings. The monoisotopic (exact) mass is 458 g/mol. The zero-order valence-corrected chi connectivity index (χ0v) is 20.6. The third-order valence-electron chi connectivity index (χ3n) is 6.95. The Bertz CT molecular complexity index is 1110. The molecule has 0 radical (unpaired) electrons. The second-order valence-corrected chi connectivity index (χ2v) is 8.91. The van der Waals surface area contributed by atoms with Gasteiger partial charge in [0.1, 0.15) is 0 Å². The second-order valence-electron chi connectivity index (χ2n) is 8.91. The minimum Gasteiger partial charge on any atom is -0.463 e. The highest BCUT2D eigenvalue weighted by molar-refractivity contribution is 6.04. The number of rotatable bonds is 7. The van der Waals surface area contributed by atoms with E-state index in [1.54, 1.807) is 6.92 Å². The maximum absolute atomic E-state index is 13.6. The van der Waals surface area contributed by atoms with Crippen LogP contribution in [-0.4, -0.2) is 31.4 Å². The normalized spacial score (nSPS) is 20.1. The number of anilines is 1. The Morgan fingerprint density at radius 3 is 2.26 bits per heavy atom. The van der Waals surface area contributed by atoms with Crippen LogP contribution < -0.4 is 10.2 Å². The Labute approximate surface area is 202 Å². The number of ketones is 1. The van der Waals surface area contributed by atoms with E-state index in [0.717, 1.165) is 42.2 Å². The largest absolute Gasteiger partial charge is 0.463 e. The van der Waals surface area contributed by atoms with Crippen molar-refractivity contribution in [2.45, 2.75) is 52.4 Å². The molecule has 0 saturated heterocycles. The van der Waals surface area contributed by atoms with Gasteiger partial charge in [-0.2, -0.15) is 0 Å². The van der Waals surface area contributed by atoms with Crippen LogP contribution in [0.5, 0.6) is 0 Å². The van der Waals surface area contributed by atoms with Gasteiger partial charge >= 0.3 is 5.97 Å². The van der Waals surface area contributed by atoms with Gasteiger partial charge in [0.2, 0.25) is 0 Å². The first-order valence-corrected chi connectivity index (χ1v) is 12.3. The third-order valence-corrected chi connectivity index (χ3v) is 6.95. The van der Waals surface area contributed by atoms with E-state index < -0.39 is 5.92 Å². The molecule has 5 heteroatoms. The van der Waals surface area contributed by atoms with Crippen molar-refractivity contribution < 1.29 is 14.3 Å². The summed E-state index contributed by atoms with van der Waals surface area (Å²) < 4.78 is 5.43. The minimum atomic E-state index is -0.426. The molecular formula is C29H34N2O3. The standard InChI is InChI=1S/C29H34N2O3/c1-5-31(6-2)23-15-13-21(14-16-23)27-26(29(33)34-7-3)19(4)30-24-17-22(18-25(32)28(24)27)20-11-9-8-10-12-20/h8-16,22,27,30H,5-7,17-18H2,1-4H3/t22-,27+/m1/s1. The smallest absolute Gasteiger partial charge is 0.336 e. The number of carbonyl (C=O) groups excluding carboxylic acids is 2. The highest BCUT2D eigenvalue weighted by Crippen LogP contribution is 2.45. The number of ether oxygens (including phenoxy) is 1. The minimum absolute atomic E-state index is 0.0923. The van der Waals surface area contributed by atoms with Crippen LogP contribution in [0.2, 0.25) is 0 Å². The number of allylic oxidation sites excluding steroid dienone is 3. The number of hydrogen-bond donors (Lipinski definition) is 1. The van der Waals surface area contributed by atoms with Gasteiger partial charge in [-0.3, -0.25) is 4.79 Å². The summed E-state index contributed by atoms with van der Waals surface area (Å²) >= 11 is 0. The maximum atomic E-state index is 13.6. The highest BCUT2D eigenvalue weighted by Gasteiger charge is 2.41. The Hall–Kier alpha value is -3.34. The van der Waals surface area contributed by atoms with Crippen molar-refractivity contribution in [1.82, 2.24) is 5.32 Å². The lowest BCUT2D eigenvalue weighted by atomic mass is 9.71. The summed E-state index contributed by atoms with van der Waals surface area (Å²) in [5, 5.41) is 3.41. The molecule has 1 aliphatic heterocycles. The average molecular weight is 459 g/mol. The molecule has 0 amide bonds. The number of nitrogens with one attached hydrogen (secondary N) is 1. The van der Waals surface area contributed by atoms with E-state index >= 15 is 0 Å². The lowest BCUT2D eigenvalue weighted by Crippen LogP contribution is -2.36. The summed E-state index contributed by atoms with van der Waals surface area (Å²) in [5.41, 5.74) is 6.17. The predicted molar refractivity (Wildman–Crippen MR) is 136 cm³/mol. The molecule has 34 heavy (non-hydrogen) atoms. The van der Waals surface area contributed by atoms with E-state index in [-0.39, 0.29) is 17.7 Å². The molecule has 0 aromatic heterocycles. The molecule has 1 aliphatic carbocycles. The van der Waals surface area contributed by atoms with Crippen LogP contribution in [0.15, 0.2) is 77.1 Å². The molecule has 2 aromatic rings. The van der Waals surface area contributed by atoms with Crippen molar-refractivity contribution in [3.8, 4) is 0 Å². The van der Waals surface area contributed by atoms with E-state index in [1.807, 2.05) is 25.1 Å². The summed E-state index contributed by atoms with van der Waals surface area (Å²) in [6, 6.07) is 18.5. The Kier molecular flexibility index (Phi) is 7.20. The Balaban J connectivity index is 1.77. The molecule has 0 bridgehead atoms. The number of esters is 1. The molecule has 0 saturated carbocycles. The fourth-order valence-corrected chi connectivity index (χ4v) is 5.28. The Morgan fingerprint density at radius 2 is 1.65 bits per heavy atom. The second kappa shape index (κ2) is 10.3. The molecule has 0 unspecified atom stereocenters. The van der Waals surface area contributed by atoms with E-state index in [1.165, 1.54) is 5.56 Å². The number of Topliss-reactive ketones (excluding diaryl/α,β-unsaturated/α-hetero) is 1. The number of nitrogens with zero attached hydrogens (tertiary/aromatic N) is 1. The average Bonchev–Trinajstić information content (AvgIpc) is 2.85. The van der Waals surface area contributed by atoms with E-state index in [9.17, 15) is 9.59 Å². The topological polar surface area (TPSA) is 58.6 Å². The molecule has 178 valence electrons. The summed E-state index contributed by atoms with van der Waals surface area (Å²) in [6.45, 7) is 10.1. The molecule has 5 nitrogen and oxygen atoms in total. The van der Waals surface area contributed by atoms with Crippen LogP contribution in [0.25, 0.3) is 0 Å². The van der Waals surface area contributed by atoms with Gasteiger partial charge in [-0.15, -0.1) is 0 Å². The molecule has 2 atom stereocenters. The first-order chi connectivity index (χ1) is 16.5. The lowest BCUT2D eigenvalue weighted by molar-refractivity contribution is -0.138. The van der Waals surface area contributed by atoms with Gasteiger partial charge in [0.25, 0.3) is 0 Å². The van der Waals surface area contributed by atoms with Crippen LogP contribution in [0, 0.1) is 0 Å². The first-order valence-electron chi connectivity index (χ1n) is 12.3. The predicted octanol–water partition coefficient (Wildman–Crippen LogP) is 5.46. The lowest BCUT2D eigenvalue weighted by Gasteiger charge is -2.37. The first kappa shape index (κ1) is 23.8. The Morgan fingerprint density at radius 1 is 0.971 bits per heavy atom. The van der Waals surface area contributed by atoms with Gasteiger partial charge < -0.3 is 15.0 Å². The molecule has 4 rings (SSSR count). The molecule has 0 fully saturated rings. The van der Waals surface area contributed by atoms with Crippen molar-refractivity contribution in [2.75, 3.05) is 24.6 Å². The van der Waals surface area contributed by atoms with Crippen LogP contribution in [0.4, 0.5) is 5.69 Å². The number of hydrogen-bond acceptors (Lipinski definition) is 5. The molecular weight excluding hydrogens is 424 g/mol. The maximum Gasteiger partial charge on any atom is 0.336 e. The van der Waals surface area contributed by atoms with Crippen LogP contribution in [0.3, 0.4) is 0 Å². The van der Waals surface area contributed by atoms with Gasteiger partial charge in [0.05, 0.1) is 12.2 Å². The van der Waals surface area contributed by atoms with Crippen molar-refractivity contribution >= 4 is 17.4 Å². The van der Waals surface area contributed by atoms with Crippen molar-refractivity contribution in [2.24, 2.45) is 0 Å². The van der Waals surface area contributed by atoms with E-state index in [0.29, 0.717) is 24.2 Å². The van der Waals surface area contributed by atoms with Gasteiger partial charge in [-0.1, -0.05) is 42.5 Å². The van der Waals surface area contributed by atoms with Crippen molar-refractivity contribution in [3.63, 3.8) is 0 Å². The van der Waals surface area contributed by atoms with Crippen LogP contribution in [0.1, 0.15) is 63.5 Å². The van der Waals surface area contributed by atoms with Gasteiger partial charge in [-0.25, -0.2) is 4.79 Å². The number of carbonyl (C=O) groups is 2. The van der Waals surface area contributed by atoms with Gasteiger partial charge in [-0.05, 0) is 63.3 Å². The summed E-state index contributed by atoms with van der Waals surface area (Å²) in [6.07, 6.45) is 1.18. The quantitative estimate of drug-likeness (QED) is 0.559. The molecule has 0 spiro atoms. The summed E-state index contributed by atoms with van der Waals surface area (Å²) in [4.78, 5) is 29.0. The van der Waals surface area contributed by atoms with Crippen molar-refractivity contribution in [1.29, 1.82) is 0 Å². The van der Waals surface area contributed by atoms with E-state index in [4.69, 9.17) is 4.74 Å². The fourth-order valence-electron chi connectivity index (χ4n) is 5.28. The van der Waals surface area contributed by atoms with Crippen LogP contribution >= 0.6 is 0 Å². The molecule has 2 aromatic carbocycles. The molecule has 1 heterocycles. The number of benzene rings is 2. The summed E-state index contributed by atoms with van der Waals surface area (Å²) in [5.74, 6) is -0.572. The number of dihydropyridines is 1. The highest BCUT2D eigenvalue weighted by atomic mass is 16.5. The fraction of sp³-hybridized carbons (Fsp3) is 0.379. The zero-order chi connectivity index (χ0) is 24.2. The SMILES string of the molecule is CCOC(=O)C1=C(C)NC2=C(C(=O)C[C@H](c3ccccc3)C2)[C@H]1c1ccc(N(CC)CC)cc1. The van der Waals surface area contributed by atoms with Gasteiger partial charge in [0, 0.05) is 48.1 Å². The third kappa shape index (κ3) is 4.52. The van der Waals surface area contributed by atoms with Crippen molar-refractivity contribution in [3.05, 3.63) is 88.3 Å².